The topological polar surface area (TPSA) is 73.8 Å². The molecule has 1 unspecified atom stereocenters. The van der Waals surface area contributed by atoms with E-state index in [2.05, 4.69) is 41.1 Å². The maximum Gasteiger partial charge on any atom is 0.319 e. The highest BCUT2D eigenvalue weighted by Crippen LogP contribution is 2.64. The van der Waals surface area contributed by atoms with E-state index in [1.807, 2.05) is 18.2 Å². The van der Waals surface area contributed by atoms with Gasteiger partial charge < -0.3 is 25.0 Å². The zero-order valence-electron chi connectivity index (χ0n) is 24.8. The molecule has 3 heterocycles. The molecule has 4 aliphatic rings. The summed E-state index contributed by atoms with van der Waals surface area (Å²) in [6.07, 6.45) is 5.52. The first-order valence-corrected chi connectivity index (χ1v) is 15.4. The fourth-order valence-electron chi connectivity index (χ4n) is 8.61. The molecule has 1 aromatic heterocycles. The minimum atomic E-state index is -0.780. The van der Waals surface area contributed by atoms with Gasteiger partial charge in [-0.05, 0) is 93.6 Å². The number of hydrogen-bond donors (Lipinski definition) is 2. The van der Waals surface area contributed by atoms with Crippen molar-refractivity contribution < 1.29 is 18.6 Å². The predicted octanol–water partition coefficient (Wildman–Crippen LogP) is 5.87. The van der Waals surface area contributed by atoms with Crippen molar-refractivity contribution in [2.45, 2.75) is 56.7 Å². The fourth-order valence-corrected chi connectivity index (χ4v) is 8.61. The van der Waals surface area contributed by atoms with Crippen LogP contribution in [0.2, 0.25) is 0 Å². The lowest BCUT2D eigenvalue weighted by atomic mass is 9.95. The normalized spacial score (nSPS) is 29.5. The average molecular weight is 586 g/mol. The molecule has 2 aliphatic heterocycles. The van der Waals surface area contributed by atoms with Gasteiger partial charge in [-0.15, -0.1) is 0 Å². The van der Waals surface area contributed by atoms with Gasteiger partial charge in [0.1, 0.15) is 22.9 Å². The fraction of sp³-hybridized carbons (Fsp3) is 0.471. The Morgan fingerprint density at radius 1 is 1.09 bits per heavy atom. The largest absolute Gasteiger partial charge is 0.508 e. The number of ether oxygens (including phenoxy) is 1. The van der Waals surface area contributed by atoms with E-state index < -0.39 is 11.6 Å². The van der Waals surface area contributed by atoms with E-state index >= 15 is 8.78 Å². The van der Waals surface area contributed by atoms with Gasteiger partial charge in [0.2, 0.25) is 0 Å². The lowest BCUT2D eigenvalue weighted by Gasteiger charge is -2.40. The zero-order chi connectivity index (χ0) is 29.7. The summed E-state index contributed by atoms with van der Waals surface area (Å²) in [7, 11) is 4.24. The van der Waals surface area contributed by atoms with Gasteiger partial charge in [-0.1, -0.05) is 24.3 Å². The summed E-state index contributed by atoms with van der Waals surface area (Å²) in [5.74, 6) is -0.429. The van der Waals surface area contributed by atoms with Gasteiger partial charge in [-0.25, -0.2) is 8.78 Å². The third-order valence-corrected chi connectivity index (χ3v) is 10.7. The van der Waals surface area contributed by atoms with Crippen LogP contribution in [0.15, 0.2) is 42.5 Å². The van der Waals surface area contributed by atoms with Gasteiger partial charge in [0, 0.05) is 41.5 Å². The van der Waals surface area contributed by atoms with E-state index in [4.69, 9.17) is 9.72 Å². The van der Waals surface area contributed by atoms with Gasteiger partial charge >= 0.3 is 6.01 Å². The molecule has 224 valence electrons. The number of phenolic OH excluding ortho intramolecular Hbond substituents is 1. The third kappa shape index (κ3) is 4.26. The van der Waals surface area contributed by atoms with Crippen molar-refractivity contribution >= 4 is 27.5 Å². The number of piperazine rings is 1. The molecule has 2 saturated carbocycles. The van der Waals surface area contributed by atoms with Crippen LogP contribution < -0.4 is 15.0 Å². The van der Waals surface area contributed by atoms with E-state index in [0.29, 0.717) is 53.6 Å². The third-order valence-electron chi connectivity index (χ3n) is 10.7. The summed E-state index contributed by atoms with van der Waals surface area (Å²) in [5.41, 5.74) is 0.0626. The molecular weight excluding hydrogens is 548 g/mol. The molecule has 2 saturated heterocycles. The van der Waals surface area contributed by atoms with Crippen LogP contribution in [0.25, 0.3) is 32.8 Å². The highest BCUT2D eigenvalue weighted by molar-refractivity contribution is 6.01. The zero-order valence-corrected chi connectivity index (χ0v) is 24.8. The number of nitrogens with zero attached hydrogens (tertiary/aromatic N) is 4. The SMILES string of the molecule is CN(C)C1CC[C@H]2C[C@@]12COc1nc(N2C[C@H]3CC[C@@](C)(C2)N3)c2cc(F)c(-c3cc(O)cc4ccccc34)c(F)c2n1. The van der Waals surface area contributed by atoms with Crippen LogP contribution in [0, 0.1) is 23.0 Å². The van der Waals surface area contributed by atoms with Crippen molar-refractivity contribution in [2.24, 2.45) is 11.3 Å². The quantitative estimate of drug-likeness (QED) is 0.293. The van der Waals surface area contributed by atoms with Crippen molar-refractivity contribution in [2.75, 3.05) is 38.7 Å². The van der Waals surface area contributed by atoms with E-state index in [1.165, 1.54) is 18.6 Å². The Labute approximate surface area is 249 Å². The van der Waals surface area contributed by atoms with Gasteiger partial charge in [0.05, 0.1) is 12.2 Å². The highest BCUT2D eigenvalue weighted by Gasteiger charge is 2.64. The van der Waals surface area contributed by atoms with Crippen molar-refractivity contribution in [3.63, 3.8) is 0 Å². The molecule has 2 N–H and O–H groups in total. The number of aromatic hydroxyl groups is 1. The summed E-state index contributed by atoms with van der Waals surface area (Å²) in [6, 6.07) is 12.5. The maximum absolute atomic E-state index is 16.7. The van der Waals surface area contributed by atoms with Crippen LogP contribution in [0.1, 0.15) is 39.0 Å². The molecule has 0 amide bonds. The molecule has 4 aromatic rings. The highest BCUT2D eigenvalue weighted by atomic mass is 19.1. The lowest BCUT2D eigenvalue weighted by Crippen LogP contribution is -2.58. The van der Waals surface area contributed by atoms with Crippen LogP contribution >= 0.6 is 0 Å². The molecule has 0 spiro atoms. The molecule has 4 fully saturated rings. The Morgan fingerprint density at radius 2 is 1.93 bits per heavy atom. The monoisotopic (exact) mass is 585 g/mol. The van der Waals surface area contributed by atoms with Crippen molar-refractivity contribution in [1.29, 1.82) is 0 Å². The Bertz CT molecular complexity index is 1780. The van der Waals surface area contributed by atoms with Gasteiger partial charge in [0.15, 0.2) is 5.82 Å². The second-order valence-corrected chi connectivity index (χ2v) is 13.8. The Balaban J connectivity index is 1.27. The molecule has 9 heteroatoms. The van der Waals surface area contributed by atoms with Crippen molar-refractivity contribution in [3.8, 4) is 22.9 Å². The van der Waals surface area contributed by atoms with Crippen molar-refractivity contribution in [3.05, 3.63) is 54.1 Å². The van der Waals surface area contributed by atoms with Gasteiger partial charge in [-0.2, -0.15) is 9.97 Å². The van der Waals surface area contributed by atoms with Gasteiger partial charge in [0.25, 0.3) is 0 Å². The molecule has 8 rings (SSSR count). The predicted molar refractivity (Wildman–Crippen MR) is 164 cm³/mol. The summed E-state index contributed by atoms with van der Waals surface area (Å²) in [5, 5.41) is 15.8. The number of fused-ring (bicyclic) bond motifs is 5. The second-order valence-electron chi connectivity index (χ2n) is 13.8. The van der Waals surface area contributed by atoms with E-state index in [9.17, 15) is 5.11 Å². The van der Waals surface area contributed by atoms with Crippen LogP contribution in [-0.2, 0) is 0 Å². The second kappa shape index (κ2) is 9.47. The number of anilines is 1. The van der Waals surface area contributed by atoms with Crippen LogP contribution in [0.4, 0.5) is 14.6 Å². The first kappa shape index (κ1) is 27.0. The summed E-state index contributed by atoms with van der Waals surface area (Å²) in [6.45, 7) is 4.03. The molecule has 43 heavy (non-hydrogen) atoms. The first-order valence-electron chi connectivity index (χ1n) is 15.4. The molecule has 3 aromatic carbocycles. The first-order chi connectivity index (χ1) is 20.6. The number of hydrogen-bond acceptors (Lipinski definition) is 7. The Morgan fingerprint density at radius 3 is 2.72 bits per heavy atom. The number of halogens is 2. The standard InChI is InChI=1S/C34H37F2N5O2/c1-33-11-10-21(39-33)16-41(17-33)31-25-14-26(35)28(24-13-22(42)12-19-6-4-5-7-23(19)24)29(36)30(25)37-32(38-31)43-18-34-15-20(34)8-9-27(34)40(2)3/h4-7,12-14,20-21,27,39,42H,8-11,15-18H2,1-3H3/t20-,21+,27?,33-,34-/m0/s1. The van der Waals surface area contributed by atoms with Gasteiger partial charge in [-0.3, -0.25) is 0 Å². The molecule has 0 radical (unpaired) electrons. The minimum Gasteiger partial charge on any atom is -0.508 e. The van der Waals surface area contributed by atoms with Crippen LogP contribution in [0.5, 0.6) is 11.8 Å². The maximum atomic E-state index is 16.7. The van der Waals surface area contributed by atoms with E-state index in [1.54, 1.807) is 12.1 Å². The number of phenols is 1. The summed E-state index contributed by atoms with van der Waals surface area (Å²) < 4.78 is 39.2. The average Bonchev–Trinajstić information content (AvgIpc) is 3.44. The molecule has 2 bridgehead atoms. The molecule has 2 aliphatic carbocycles. The number of aromatic nitrogens is 2. The van der Waals surface area contributed by atoms with Crippen LogP contribution in [0.3, 0.4) is 0 Å². The minimum absolute atomic E-state index is 0.0280. The molecule has 5 atom stereocenters. The Hall–Kier alpha value is -3.56. The summed E-state index contributed by atoms with van der Waals surface area (Å²) >= 11 is 0. The Kier molecular flexibility index (Phi) is 5.95. The summed E-state index contributed by atoms with van der Waals surface area (Å²) in [4.78, 5) is 13.9. The molecular formula is C34H37F2N5O2. The van der Waals surface area contributed by atoms with Crippen LogP contribution in [-0.4, -0.2) is 71.4 Å². The number of benzene rings is 3. The number of rotatable bonds is 6. The smallest absolute Gasteiger partial charge is 0.319 e. The molecule has 7 nitrogen and oxygen atoms in total. The van der Waals surface area contributed by atoms with E-state index in [-0.39, 0.29) is 45.4 Å². The number of nitrogens with one attached hydrogen (secondary N) is 1. The lowest BCUT2D eigenvalue weighted by molar-refractivity contribution is 0.131. The van der Waals surface area contributed by atoms with E-state index in [0.717, 1.165) is 25.7 Å². The van der Waals surface area contributed by atoms with Crippen molar-refractivity contribution in [1.82, 2.24) is 20.2 Å².